The average molecular weight is 293 g/mol. The molecule has 3 aromatic heterocycles. The first kappa shape index (κ1) is 12.3. The Balaban J connectivity index is 2.01. The molecule has 19 heavy (non-hydrogen) atoms. The molecule has 0 atom stereocenters. The van der Waals surface area contributed by atoms with Crippen LogP contribution in [0.4, 0.5) is 5.95 Å². The number of fused-ring (bicyclic) bond motifs is 1. The van der Waals surface area contributed by atoms with Crippen molar-refractivity contribution in [3.05, 3.63) is 12.0 Å². The topological polar surface area (TPSA) is 92.3 Å². The molecule has 0 aromatic carbocycles. The summed E-state index contributed by atoms with van der Waals surface area (Å²) in [5.74, 6) is 1.42. The van der Waals surface area contributed by atoms with Crippen molar-refractivity contribution < 1.29 is 0 Å². The van der Waals surface area contributed by atoms with Crippen LogP contribution in [-0.2, 0) is 6.42 Å². The van der Waals surface area contributed by atoms with E-state index in [1.54, 1.807) is 13.2 Å². The van der Waals surface area contributed by atoms with Crippen LogP contribution in [0.1, 0.15) is 12.7 Å². The minimum absolute atomic E-state index is 0.555. The lowest BCUT2D eigenvalue weighted by atomic mass is 10.4. The zero-order chi connectivity index (χ0) is 13.2. The van der Waals surface area contributed by atoms with Gasteiger partial charge < -0.3 is 5.32 Å². The minimum atomic E-state index is 0.555. The summed E-state index contributed by atoms with van der Waals surface area (Å²) in [7, 11) is 1.78. The molecule has 3 heterocycles. The fraction of sp³-hybridized carbons (Fsp3) is 0.300. The molecular formula is C10H11N7S2. The molecule has 98 valence electrons. The second-order valence-corrected chi connectivity index (χ2v) is 5.65. The molecule has 3 rings (SSSR count). The third-order valence-corrected chi connectivity index (χ3v) is 4.24. The molecule has 0 spiro atoms. The highest BCUT2D eigenvalue weighted by Crippen LogP contribution is 2.32. The third kappa shape index (κ3) is 2.38. The second kappa shape index (κ2) is 5.10. The van der Waals surface area contributed by atoms with Crippen LogP contribution in [0.3, 0.4) is 0 Å². The van der Waals surface area contributed by atoms with Crippen molar-refractivity contribution in [1.82, 2.24) is 29.5 Å². The van der Waals surface area contributed by atoms with E-state index in [4.69, 9.17) is 0 Å². The lowest BCUT2D eigenvalue weighted by Crippen LogP contribution is -1.97. The summed E-state index contributed by atoms with van der Waals surface area (Å²) >= 11 is 2.87. The Morgan fingerprint density at radius 2 is 2.26 bits per heavy atom. The highest BCUT2D eigenvalue weighted by molar-refractivity contribution is 8.01. The van der Waals surface area contributed by atoms with Crippen molar-refractivity contribution in [1.29, 1.82) is 0 Å². The first-order chi connectivity index (χ1) is 9.30. The Kier molecular flexibility index (Phi) is 3.30. The van der Waals surface area contributed by atoms with Gasteiger partial charge in [-0.05, 0) is 23.3 Å². The minimum Gasteiger partial charge on any atom is -0.357 e. The van der Waals surface area contributed by atoms with E-state index in [9.17, 15) is 0 Å². The fourth-order valence-electron chi connectivity index (χ4n) is 1.50. The molecule has 0 unspecified atom stereocenters. The van der Waals surface area contributed by atoms with Crippen LogP contribution in [0, 0.1) is 0 Å². The summed E-state index contributed by atoms with van der Waals surface area (Å²) in [6.45, 7) is 2.04. The summed E-state index contributed by atoms with van der Waals surface area (Å²) in [6.07, 6.45) is 2.56. The van der Waals surface area contributed by atoms with Crippen LogP contribution in [-0.4, -0.2) is 36.6 Å². The van der Waals surface area contributed by atoms with E-state index < -0.39 is 0 Å². The quantitative estimate of drug-likeness (QED) is 0.710. The maximum atomic E-state index is 4.44. The Morgan fingerprint density at radius 1 is 1.37 bits per heavy atom. The van der Waals surface area contributed by atoms with Crippen molar-refractivity contribution in [2.24, 2.45) is 0 Å². The number of aryl methyl sites for hydroxylation is 1. The highest BCUT2D eigenvalue weighted by Gasteiger charge is 2.13. The van der Waals surface area contributed by atoms with Gasteiger partial charge in [0.25, 0.3) is 0 Å². The number of H-pyrrole nitrogens is 1. The summed E-state index contributed by atoms with van der Waals surface area (Å²) < 4.78 is 5.14. The normalized spacial score (nSPS) is 11.1. The van der Waals surface area contributed by atoms with E-state index in [0.717, 1.165) is 27.0 Å². The average Bonchev–Trinajstić information content (AvgIpc) is 3.06. The van der Waals surface area contributed by atoms with Gasteiger partial charge in [-0.1, -0.05) is 6.92 Å². The number of hydrogen-bond donors (Lipinski definition) is 2. The number of aromatic amines is 1. The molecule has 9 heteroatoms. The highest BCUT2D eigenvalue weighted by atomic mass is 32.2. The lowest BCUT2D eigenvalue weighted by Gasteiger charge is -2.02. The monoisotopic (exact) mass is 293 g/mol. The predicted molar refractivity (Wildman–Crippen MR) is 74.6 cm³/mol. The first-order valence-corrected chi connectivity index (χ1v) is 7.28. The smallest absolute Gasteiger partial charge is 0.225 e. The van der Waals surface area contributed by atoms with Crippen LogP contribution in [0.5, 0.6) is 0 Å². The standard InChI is InChI=1S/C10H11N7S2/c1-3-6-13-10(19-17-6)18-8-5-4-12-16-7(5)14-9(11-2)15-8/h4H,3H2,1-2H3,(H2,11,12,14,15,16). The van der Waals surface area contributed by atoms with Crippen LogP contribution in [0.15, 0.2) is 15.6 Å². The molecule has 0 saturated heterocycles. The van der Waals surface area contributed by atoms with Gasteiger partial charge in [0.05, 0.1) is 11.6 Å². The van der Waals surface area contributed by atoms with Gasteiger partial charge in [-0.3, -0.25) is 5.10 Å². The van der Waals surface area contributed by atoms with Gasteiger partial charge in [0.2, 0.25) is 5.95 Å². The van der Waals surface area contributed by atoms with Gasteiger partial charge in [-0.2, -0.15) is 14.5 Å². The first-order valence-electron chi connectivity index (χ1n) is 5.69. The molecule has 0 aliphatic heterocycles. The lowest BCUT2D eigenvalue weighted by molar-refractivity contribution is 0.970. The molecule has 2 N–H and O–H groups in total. The molecule has 0 aliphatic rings. The molecule has 0 saturated carbocycles. The Bertz CT molecular complexity index is 705. The fourth-order valence-corrected chi connectivity index (χ4v) is 3.21. The molecule has 0 bridgehead atoms. The number of anilines is 1. The summed E-state index contributed by atoms with van der Waals surface area (Å²) in [5.41, 5.74) is 0.710. The van der Waals surface area contributed by atoms with Crippen molar-refractivity contribution in [2.75, 3.05) is 12.4 Å². The summed E-state index contributed by atoms with van der Waals surface area (Å²) in [6, 6.07) is 0. The Morgan fingerprint density at radius 3 is 3.00 bits per heavy atom. The molecule has 0 fully saturated rings. The third-order valence-electron chi connectivity index (χ3n) is 2.45. The zero-order valence-corrected chi connectivity index (χ0v) is 12.0. The van der Waals surface area contributed by atoms with E-state index in [1.807, 2.05) is 6.92 Å². The van der Waals surface area contributed by atoms with Gasteiger partial charge >= 0.3 is 0 Å². The molecule has 3 aromatic rings. The van der Waals surface area contributed by atoms with Crippen molar-refractivity contribution >= 4 is 40.3 Å². The molecule has 7 nitrogen and oxygen atoms in total. The Labute approximate surface area is 117 Å². The van der Waals surface area contributed by atoms with Crippen molar-refractivity contribution in [3.8, 4) is 0 Å². The van der Waals surface area contributed by atoms with E-state index in [1.165, 1.54) is 23.3 Å². The molecule has 0 aliphatic carbocycles. The van der Waals surface area contributed by atoms with Crippen LogP contribution >= 0.6 is 23.3 Å². The second-order valence-electron chi connectivity index (χ2n) is 3.67. The van der Waals surface area contributed by atoms with Gasteiger partial charge in [0.15, 0.2) is 9.99 Å². The predicted octanol–water partition coefficient (Wildman–Crippen LogP) is 1.96. The maximum Gasteiger partial charge on any atom is 0.225 e. The van der Waals surface area contributed by atoms with E-state index in [0.29, 0.717) is 11.6 Å². The van der Waals surface area contributed by atoms with Crippen LogP contribution < -0.4 is 5.32 Å². The van der Waals surface area contributed by atoms with E-state index in [2.05, 4.69) is 34.8 Å². The van der Waals surface area contributed by atoms with Crippen LogP contribution in [0.25, 0.3) is 11.0 Å². The largest absolute Gasteiger partial charge is 0.357 e. The number of nitrogens with zero attached hydrogens (tertiary/aromatic N) is 5. The van der Waals surface area contributed by atoms with Crippen molar-refractivity contribution in [2.45, 2.75) is 22.7 Å². The zero-order valence-electron chi connectivity index (χ0n) is 10.3. The van der Waals surface area contributed by atoms with Gasteiger partial charge in [-0.25, -0.2) is 9.97 Å². The number of aromatic nitrogens is 6. The van der Waals surface area contributed by atoms with Gasteiger partial charge in [0, 0.05) is 13.5 Å². The van der Waals surface area contributed by atoms with E-state index in [-0.39, 0.29) is 0 Å². The SMILES string of the molecule is CCc1nsc(Sc2nc(NC)nc3[nH]ncc23)n1. The summed E-state index contributed by atoms with van der Waals surface area (Å²) in [5, 5.41) is 11.5. The van der Waals surface area contributed by atoms with Crippen LogP contribution in [0.2, 0.25) is 0 Å². The van der Waals surface area contributed by atoms with E-state index >= 15 is 0 Å². The number of nitrogens with one attached hydrogen (secondary N) is 2. The Hall–Kier alpha value is -1.74. The van der Waals surface area contributed by atoms with Gasteiger partial charge in [-0.15, -0.1) is 0 Å². The molecular weight excluding hydrogens is 282 g/mol. The number of hydrogen-bond acceptors (Lipinski definition) is 8. The van der Waals surface area contributed by atoms with Crippen molar-refractivity contribution in [3.63, 3.8) is 0 Å². The summed E-state index contributed by atoms with van der Waals surface area (Å²) in [4.78, 5) is 13.2. The number of rotatable bonds is 4. The molecule has 0 amide bonds. The molecule has 0 radical (unpaired) electrons. The maximum absolute atomic E-state index is 4.44. The van der Waals surface area contributed by atoms with Gasteiger partial charge in [0.1, 0.15) is 10.9 Å².